The number of benzene rings is 1. The molecule has 1 rings (SSSR count). The van der Waals surface area contributed by atoms with Gasteiger partial charge in [0.25, 0.3) is 0 Å². The number of hydroxylamine groups is 1. The van der Waals surface area contributed by atoms with E-state index in [0.717, 1.165) is 12.8 Å². The van der Waals surface area contributed by atoms with Crippen LogP contribution in [0.4, 0.5) is 10.5 Å². The number of urea groups is 1. The van der Waals surface area contributed by atoms with Crippen LogP contribution in [-0.2, 0) is 4.79 Å². The molecule has 0 aliphatic rings. The lowest BCUT2D eigenvalue weighted by Crippen LogP contribution is -2.29. The molecule has 0 radical (unpaired) electrons. The van der Waals surface area contributed by atoms with E-state index in [1.165, 1.54) is 0 Å². The highest BCUT2D eigenvalue weighted by molar-refractivity contribution is 6.30. The SMILES string of the molecule is CC.O=C(CCCCCNC(=O)Nc1ccc(Cl)cc1)NO. The standard InChI is InChI=1S/C13H18ClN3O3.C2H6/c14-10-5-7-11(8-6-10)16-13(19)15-9-3-1-2-4-12(18)17-20;1-2/h5-8,20H,1-4,9H2,(H,17,18)(H2,15,16,19);1-2H3. The second-order valence-corrected chi connectivity index (χ2v) is 4.67. The minimum Gasteiger partial charge on any atom is -0.338 e. The van der Waals surface area contributed by atoms with E-state index >= 15 is 0 Å². The number of rotatable bonds is 7. The molecular weight excluding hydrogens is 306 g/mol. The van der Waals surface area contributed by atoms with Crippen LogP contribution in [0.5, 0.6) is 0 Å². The van der Waals surface area contributed by atoms with Gasteiger partial charge in [-0.1, -0.05) is 31.9 Å². The van der Waals surface area contributed by atoms with Gasteiger partial charge in [0.1, 0.15) is 0 Å². The summed E-state index contributed by atoms with van der Waals surface area (Å²) in [7, 11) is 0. The lowest BCUT2D eigenvalue weighted by Gasteiger charge is -2.07. The highest BCUT2D eigenvalue weighted by Crippen LogP contribution is 2.13. The van der Waals surface area contributed by atoms with E-state index in [2.05, 4.69) is 10.6 Å². The molecular formula is C15H24ClN3O3. The number of hydrogen-bond donors (Lipinski definition) is 4. The molecule has 0 fully saturated rings. The average Bonchev–Trinajstić information content (AvgIpc) is 2.54. The van der Waals surface area contributed by atoms with Gasteiger partial charge in [0.2, 0.25) is 5.91 Å². The first-order chi connectivity index (χ1) is 10.6. The van der Waals surface area contributed by atoms with E-state index in [0.29, 0.717) is 23.7 Å². The molecule has 0 unspecified atom stereocenters. The topological polar surface area (TPSA) is 90.5 Å². The molecule has 22 heavy (non-hydrogen) atoms. The van der Waals surface area contributed by atoms with Gasteiger partial charge in [0.05, 0.1) is 0 Å². The van der Waals surface area contributed by atoms with Gasteiger partial charge in [-0.25, -0.2) is 10.3 Å². The van der Waals surface area contributed by atoms with Crippen LogP contribution >= 0.6 is 11.6 Å². The Balaban J connectivity index is 0.00000211. The Labute approximate surface area is 136 Å². The van der Waals surface area contributed by atoms with Gasteiger partial charge in [-0.2, -0.15) is 0 Å². The summed E-state index contributed by atoms with van der Waals surface area (Å²) < 4.78 is 0. The van der Waals surface area contributed by atoms with Crippen molar-refractivity contribution in [2.45, 2.75) is 39.5 Å². The summed E-state index contributed by atoms with van der Waals surface area (Å²) in [6, 6.07) is 6.55. The molecule has 1 aromatic carbocycles. The van der Waals surface area contributed by atoms with Gasteiger partial charge >= 0.3 is 6.03 Å². The normalized spacial score (nSPS) is 9.27. The molecule has 1 aromatic rings. The molecule has 0 spiro atoms. The third-order valence-corrected chi connectivity index (χ3v) is 2.84. The maximum atomic E-state index is 11.5. The number of amides is 3. The van der Waals surface area contributed by atoms with Crippen LogP contribution < -0.4 is 16.1 Å². The number of anilines is 1. The van der Waals surface area contributed by atoms with E-state index in [1.807, 2.05) is 13.8 Å². The zero-order chi connectivity index (χ0) is 16.8. The minimum atomic E-state index is -0.390. The van der Waals surface area contributed by atoms with E-state index in [1.54, 1.807) is 29.7 Å². The summed E-state index contributed by atoms with van der Waals surface area (Å²) in [6.45, 7) is 4.53. The Morgan fingerprint density at radius 1 is 1.09 bits per heavy atom. The first-order valence-corrected chi connectivity index (χ1v) is 7.73. The Bertz CT molecular complexity index is 438. The molecule has 0 saturated heterocycles. The molecule has 7 heteroatoms. The van der Waals surface area contributed by atoms with Crippen molar-refractivity contribution in [1.29, 1.82) is 0 Å². The fraction of sp³-hybridized carbons (Fsp3) is 0.467. The largest absolute Gasteiger partial charge is 0.338 e. The lowest BCUT2D eigenvalue weighted by atomic mass is 10.2. The highest BCUT2D eigenvalue weighted by Gasteiger charge is 2.01. The predicted molar refractivity (Wildman–Crippen MR) is 88.2 cm³/mol. The highest BCUT2D eigenvalue weighted by atomic mass is 35.5. The summed E-state index contributed by atoms with van der Waals surface area (Å²) in [5.74, 6) is -0.390. The van der Waals surface area contributed by atoms with Crippen molar-refractivity contribution in [1.82, 2.24) is 10.8 Å². The fourth-order valence-corrected chi connectivity index (χ4v) is 1.68. The van der Waals surface area contributed by atoms with Crippen LogP contribution in [0.1, 0.15) is 39.5 Å². The zero-order valence-corrected chi connectivity index (χ0v) is 13.7. The molecule has 0 aliphatic carbocycles. The third-order valence-electron chi connectivity index (χ3n) is 2.59. The second-order valence-electron chi connectivity index (χ2n) is 4.23. The average molecular weight is 330 g/mol. The molecule has 0 aromatic heterocycles. The number of halogens is 1. The number of carbonyl (C=O) groups excluding carboxylic acids is 2. The number of hydrogen-bond acceptors (Lipinski definition) is 3. The number of carbonyl (C=O) groups is 2. The van der Waals surface area contributed by atoms with Crippen LogP contribution in [0.3, 0.4) is 0 Å². The first-order valence-electron chi connectivity index (χ1n) is 7.35. The van der Waals surface area contributed by atoms with Crippen molar-refractivity contribution >= 4 is 29.2 Å². The molecule has 0 aliphatic heterocycles. The van der Waals surface area contributed by atoms with E-state index in [4.69, 9.17) is 16.8 Å². The molecule has 0 heterocycles. The van der Waals surface area contributed by atoms with Crippen LogP contribution in [0.2, 0.25) is 5.02 Å². The third kappa shape index (κ3) is 10.0. The van der Waals surface area contributed by atoms with Gasteiger partial charge in [-0.3, -0.25) is 10.0 Å². The Morgan fingerprint density at radius 2 is 1.73 bits per heavy atom. The van der Waals surface area contributed by atoms with Gasteiger partial charge in [-0.05, 0) is 37.1 Å². The van der Waals surface area contributed by atoms with Crippen LogP contribution in [0.25, 0.3) is 0 Å². The number of unbranched alkanes of at least 4 members (excludes halogenated alkanes) is 2. The Kier molecular flexibility index (Phi) is 11.9. The van der Waals surface area contributed by atoms with Gasteiger partial charge in [0, 0.05) is 23.7 Å². The van der Waals surface area contributed by atoms with E-state index < -0.39 is 5.91 Å². The Morgan fingerprint density at radius 3 is 2.32 bits per heavy atom. The quantitative estimate of drug-likeness (QED) is 0.350. The van der Waals surface area contributed by atoms with Crippen molar-refractivity contribution in [3.05, 3.63) is 29.3 Å². The Hall–Kier alpha value is -1.79. The van der Waals surface area contributed by atoms with Crippen LogP contribution in [0, 0.1) is 0 Å². The van der Waals surface area contributed by atoms with Crippen LogP contribution in [-0.4, -0.2) is 23.7 Å². The summed E-state index contributed by atoms with van der Waals surface area (Å²) in [4.78, 5) is 22.3. The summed E-state index contributed by atoms with van der Waals surface area (Å²) >= 11 is 5.74. The summed E-state index contributed by atoms with van der Waals surface area (Å²) in [6.07, 6.45) is 2.53. The molecule has 0 bridgehead atoms. The molecule has 3 amide bonds. The first kappa shape index (κ1) is 20.2. The lowest BCUT2D eigenvalue weighted by molar-refractivity contribution is -0.129. The minimum absolute atomic E-state index is 0.277. The maximum absolute atomic E-state index is 11.5. The summed E-state index contributed by atoms with van der Waals surface area (Å²) in [5.41, 5.74) is 2.25. The van der Waals surface area contributed by atoms with E-state index in [9.17, 15) is 9.59 Å². The zero-order valence-electron chi connectivity index (χ0n) is 13.0. The molecule has 124 valence electrons. The van der Waals surface area contributed by atoms with Crippen molar-refractivity contribution in [2.75, 3.05) is 11.9 Å². The molecule has 4 N–H and O–H groups in total. The van der Waals surface area contributed by atoms with Gasteiger partial charge in [-0.15, -0.1) is 0 Å². The fourth-order valence-electron chi connectivity index (χ4n) is 1.55. The second kappa shape index (κ2) is 12.9. The number of nitrogens with one attached hydrogen (secondary N) is 3. The van der Waals surface area contributed by atoms with Crippen molar-refractivity contribution < 1.29 is 14.8 Å². The van der Waals surface area contributed by atoms with Gasteiger partial charge < -0.3 is 10.6 Å². The summed E-state index contributed by atoms with van der Waals surface area (Å²) in [5, 5.41) is 14.3. The van der Waals surface area contributed by atoms with Gasteiger partial charge in [0.15, 0.2) is 0 Å². The maximum Gasteiger partial charge on any atom is 0.319 e. The van der Waals surface area contributed by atoms with Crippen LogP contribution in [0.15, 0.2) is 24.3 Å². The predicted octanol–water partition coefficient (Wildman–Crippen LogP) is 3.55. The van der Waals surface area contributed by atoms with Crippen molar-refractivity contribution in [3.63, 3.8) is 0 Å². The van der Waals surface area contributed by atoms with Crippen molar-refractivity contribution in [3.8, 4) is 0 Å². The van der Waals surface area contributed by atoms with Crippen molar-refractivity contribution in [2.24, 2.45) is 0 Å². The molecule has 0 atom stereocenters. The monoisotopic (exact) mass is 329 g/mol. The smallest absolute Gasteiger partial charge is 0.319 e. The molecule has 6 nitrogen and oxygen atoms in total. The molecule has 0 saturated carbocycles. The van der Waals surface area contributed by atoms with E-state index in [-0.39, 0.29) is 12.5 Å².